The maximum Gasteiger partial charge on any atom is 0.160 e. The molecule has 3 aromatic rings. The first-order valence-corrected chi connectivity index (χ1v) is 8.79. The SMILES string of the molecule is Cc1nc2cc(-c3nccn3C)nn2c(N2CCCC(CO)C2)c1C. The Morgan fingerprint density at radius 2 is 2.16 bits per heavy atom. The molecule has 0 amide bonds. The fourth-order valence-electron chi connectivity index (χ4n) is 3.68. The molecule has 1 atom stereocenters. The topological polar surface area (TPSA) is 71.5 Å². The van der Waals surface area contributed by atoms with Crippen LogP contribution < -0.4 is 4.90 Å². The predicted molar refractivity (Wildman–Crippen MR) is 96.7 cm³/mol. The number of aryl methyl sites for hydroxylation is 2. The smallest absolute Gasteiger partial charge is 0.160 e. The van der Waals surface area contributed by atoms with Crippen molar-refractivity contribution >= 4 is 11.5 Å². The van der Waals surface area contributed by atoms with Crippen molar-refractivity contribution in [3.05, 3.63) is 29.7 Å². The van der Waals surface area contributed by atoms with Crippen LogP contribution in [0, 0.1) is 19.8 Å². The summed E-state index contributed by atoms with van der Waals surface area (Å²) in [5.41, 5.74) is 3.81. The molecule has 1 N–H and O–H groups in total. The van der Waals surface area contributed by atoms with Crippen molar-refractivity contribution in [2.75, 3.05) is 24.6 Å². The zero-order valence-corrected chi connectivity index (χ0v) is 15.0. The lowest BCUT2D eigenvalue weighted by Crippen LogP contribution is -2.38. The third-order valence-corrected chi connectivity index (χ3v) is 5.18. The molecule has 1 unspecified atom stereocenters. The minimum atomic E-state index is 0.236. The normalized spacial score (nSPS) is 18.2. The van der Waals surface area contributed by atoms with Gasteiger partial charge in [0.15, 0.2) is 11.5 Å². The summed E-state index contributed by atoms with van der Waals surface area (Å²) in [5.74, 6) is 2.24. The van der Waals surface area contributed by atoms with Crippen molar-refractivity contribution in [3.63, 3.8) is 0 Å². The van der Waals surface area contributed by atoms with Gasteiger partial charge < -0.3 is 14.6 Å². The highest BCUT2D eigenvalue weighted by Crippen LogP contribution is 2.29. The van der Waals surface area contributed by atoms with Crippen LogP contribution in [0.5, 0.6) is 0 Å². The number of aliphatic hydroxyl groups excluding tert-OH is 1. The van der Waals surface area contributed by atoms with Crippen molar-refractivity contribution < 1.29 is 5.11 Å². The van der Waals surface area contributed by atoms with E-state index in [0.717, 1.165) is 60.2 Å². The number of hydrogen-bond donors (Lipinski definition) is 1. The summed E-state index contributed by atoms with van der Waals surface area (Å²) in [4.78, 5) is 11.5. The monoisotopic (exact) mass is 340 g/mol. The number of piperidine rings is 1. The average molecular weight is 340 g/mol. The van der Waals surface area contributed by atoms with E-state index in [-0.39, 0.29) is 6.61 Å². The van der Waals surface area contributed by atoms with E-state index in [0.29, 0.717) is 5.92 Å². The van der Waals surface area contributed by atoms with Crippen molar-refractivity contribution in [1.29, 1.82) is 0 Å². The van der Waals surface area contributed by atoms with E-state index in [1.165, 1.54) is 0 Å². The van der Waals surface area contributed by atoms with Crippen LogP contribution in [0.4, 0.5) is 5.82 Å². The van der Waals surface area contributed by atoms with Crippen LogP contribution in [0.2, 0.25) is 0 Å². The van der Waals surface area contributed by atoms with Gasteiger partial charge in [-0.05, 0) is 32.6 Å². The third-order valence-electron chi connectivity index (χ3n) is 5.18. The summed E-state index contributed by atoms with van der Waals surface area (Å²) >= 11 is 0. The lowest BCUT2D eigenvalue weighted by Gasteiger charge is -2.34. The van der Waals surface area contributed by atoms with Gasteiger partial charge in [0.25, 0.3) is 0 Å². The molecule has 25 heavy (non-hydrogen) atoms. The maximum atomic E-state index is 9.58. The summed E-state index contributed by atoms with van der Waals surface area (Å²) < 4.78 is 3.90. The number of imidazole rings is 1. The molecular formula is C18H24N6O. The Balaban J connectivity index is 1.86. The molecule has 1 aliphatic rings. The van der Waals surface area contributed by atoms with E-state index in [1.54, 1.807) is 6.20 Å². The quantitative estimate of drug-likeness (QED) is 0.789. The standard InChI is InChI=1S/C18H24N6O/c1-12-13(2)20-16-9-15(17-19-6-8-22(17)3)21-24(16)18(12)23-7-4-5-14(10-23)11-25/h6,8-9,14,25H,4-5,7,10-11H2,1-3H3. The number of fused-ring (bicyclic) bond motifs is 1. The van der Waals surface area contributed by atoms with Gasteiger partial charge in [0, 0.05) is 56.5 Å². The number of anilines is 1. The molecule has 0 bridgehead atoms. The number of nitrogens with zero attached hydrogens (tertiary/aromatic N) is 6. The van der Waals surface area contributed by atoms with Crippen molar-refractivity contribution in [2.45, 2.75) is 26.7 Å². The van der Waals surface area contributed by atoms with Crippen molar-refractivity contribution in [2.24, 2.45) is 13.0 Å². The van der Waals surface area contributed by atoms with Gasteiger partial charge in [-0.25, -0.2) is 9.97 Å². The second-order valence-electron chi connectivity index (χ2n) is 6.94. The maximum absolute atomic E-state index is 9.58. The van der Waals surface area contributed by atoms with Gasteiger partial charge in [0.2, 0.25) is 0 Å². The van der Waals surface area contributed by atoms with Crippen LogP contribution in [0.15, 0.2) is 18.5 Å². The summed E-state index contributed by atoms with van der Waals surface area (Å²) in [6.07, 6.45) is 5.86. The van der Waals surface area contributed by atoms with E-state index in [4.69, 9.17) is 10.1 Å². The Hall–Kier alpha value is -2.41. The molecule has 1 saturated heterocycles. The summed E-state index contributed by atoms with van der Waals surface area (Å²) in [6.45, 7) is 6.21. The number of rotatable bonds is 3. The molecule has 4 rings (SSSR count). The second kappa shape index (κ2) is 6.15. The number of hydrogen-bond acceptors (Lipinski definition) is 5. The first-order chi connectivity index (χ1) is 12.1. The number of aliphatic hydroxyl groups is 1. The van der Waals surface area contributed by atoms with Gasteiger partial charge in [0.1, 0.15) is 11.5 Å². The third kappa shape index (κ3) is 2.68. The Morgan fingerprint density at radius 1 is 1.32 bits per heavy atom. The molecule has 4 heterocycles. The minimum absolute atomic E-state index is 0.236. The van der Waals surface area contributed by atoms with Crippen LogP contribution in [-0.4, -0.2) is 49.0 Å². The highest BCUT2D eigenvalue weighted by Gasteiger charge is 2.25. The first-order valence-electron chi connectivity index (χ1n) is 8.79. The van der Waals surface area contributed by atoms with Gasteiger partial charge in [0.05, 0.1) is 0 Å². The first kappa shape index (κ1) is 16.1. The molecule has 1 aliphatic heterocycles. The zero-order chi connectivity index (χ0) is 17.6. The molecule has 0 radical (unpaired) electrons. The highest BCUT2D eigenvalue weighted by atomic mass is 16.3. The van der Waals surface area contributed by atoms with Gasteiger partial charge in [-0.1, -0.05) is 0 Å². The van der Waals surface area contributed by atoms with E-state index >= 15 is 0 Å². The molecule has 0 aliphatic carbocycles. The van der Waals surface area contributed by atoms with Crippen LogP contribution in [-0.2, 0) is 7.05 Å². The average Bonchev–Trinajstić information content (AvgIpc) is 3.21. The van der Waals surface area contributed by atoms with E-state index in [9.17, 15) is 5.11 Å². The molecule has 3 aromatic heterocycles. The molecule has 0 aromatic carbocycles. The summed E-state index contributed by atoms with van der Waals surface area (Å²) in [6, 6.07) is 1.99. The lowest BCUT2D eigenvalue weighted by atomic mass is 9.98. The summed E-state index contributed by atoms with van der Waals surface area (Å²) in [7, 11) is 1.97. The highest BCUT2D eigenvalue weighted by molar-refractivity contribution is 5.63. The molecular weight excluding hydrogens is 316 g/mol. The fraction of sp³-hybridized carbons (Fsp3) is 0.500. The fourth-order valence-corrected chi connectivity index (χ4v) is 3.68. The Morgan fingerprint density at radius 3 is 2.88 bits per heavy atom. The van der Waals surface area contributed by atoms with E-state index in [2.05, 4.69) is 16.8 Å². The van der Waals surface area contributed by atoms with E-state index < -0.39 is 0 Å². The Labute approximate surface area is 146 Å². The largest absolute Gasteiger partial charge is 0.396 e. The molecule has 1 fully saturated rings. The van der Waals surface area contributed by atoms with Crippen LogP contribution >= 0.6 is 0 Å². The van der Waals surface area contributed by atoms with Crippen LogP contribution in [0.1, 0.15) is 24.1 Å². The lowest BCUT2D eigenvalue weighted by molar-refractivity contribution is 0.208. The van der Waals surface area contributed by atoms with Crippen LogP contribution in [0.25, 0.3) is 17.2 Å². The van der Waals surface area contributed by atoms with Gasteiger partial charge in [-0.3, -0.25) is 0 Å². The van der Waals surface area contributed by atoms with Crippen molar-refractivity contribution in [1.82, 2.24) is 24.1 Å². The van der Waals surface area contributed by atoms with Crippen LogP contribution in [0.3, 0.4) is 0 Å². The predicted octanol–water partition coefficient (Wildman–Crippen LogP) is 1.96. The Kier molecular flexibility index (Phi) is 3.95. The zero-order valence-electron chi connectivity index (χ0n) is 15.0. The molecule has 7 heteroatoms. The van der Waals surface area contributed by atoms with E-state index in [1.807, 2.05) is 35.3 Å². The molecule has 0 spiro atoms. The molecule has 0 saturated carbocycles. The van der Waals surface area contributed by atoms with Gasteiger partial charge in [-0.2, -0.15) is 9.61 Å². The Bertz CT molecular complexity index is 912. The molecule has 7 nitrogen and oxygen atoms in total. The molecule has 132 valence electrons. The number of aromatic nitrogens is 5. The second-order valence-corrected chi connectivity index (χ2v) is 6.94. The summed E-state index contributed by atoms with van der Waals surface area (Å²) in [5, 5.41) is 14.4. The minimum Gasteiger partial charge on any atom is -0.396 e. The van der Waals surface area contributed by atoms with Gasteiger partial charge in [-0.15, -0.1) is 0 Å². The van der Waals surface area contributed by atoms with Gasteiger partial charge >= 0.3 is 0 Å². The van der Waals surface area contributed by atoms with Crippen molar-refractivity contribution in [3.8, 4) is 11.5 Å².